The summed E-state index contributed by atoms with van der Waals surface area (Å²) in [6.07, 6.45) is 3.46. The van der Waals surface area contributed by atoms with E-state index in [1.807, 2.05) is 18.2 Å². The predicted octanol–water partition coefficient (Wildman–Crippen LogP) is 2.11. The van der Waals surface area contributed by atoms with Crippen molar-refractivity contribution < 1.29 is 18.0 Å². The summed E-state index contributed by atoms with van der Waals surface area (Å²) in [7, 11) is -3.68. The maximum Gasteiger partial charge on any atom is 0.255 e. The average Bonchev–Trinajstić information content (AvgIpc) is 3.50. The molecule has 1 aliphatic carbocycles. The molecule has 3 N–H and O–H groups in total. The maximum atomic E-state index is 12.1. The van der Waals surface area contributed by atoms with Crippen LogP contribution in [-0.2, 0) is 14.8 Å². The maximum absolute atomic E-state index is 12.1. The molecule has 2 aromatic carbocycles. The van der Waals surface area contributed by atoms with Crippen molar-refractivity contribution in [1.82, 2.24) is 10.6 Å². The van der Waals surface area contributed by atoms with Gasteiger partial charge in [-0.25, -0.2) is 8.42 Å². The molecule has 28 heavy (non-hydrogen) atoms. The minimum Gasteiger partial charge on any atom is -0.352 e. The lowest BCUT2D eigenvalue weighted by Crippen LogP contribution is -2.37. The minimum absolute atomic E-state index is 0.0893. The fourth-order valence-corrected chi connectivity index (χ4v) is 3.26. The summed E-state index contributed by atoms with van der Waals surface area (Å²) >= 11 is 0. The number of benzene rings is 2. The standard InChI is InChI=1S/C20H21N3O4S/c24-19(22-17-10-11-17)14-21-20(25)16-6-8-18(9-7-16)23-28(26,27)13-12-15-4-2-1-3-5-15/h1-9,12-13,17,23H,10-11,14H2,(H,21,25)(H,22,24). The van der Waals surface area contributed by atoms with Gasteiger partial charge in [0.15, 0.2) is 0 Å². The molecule has 0 heterocycles. The smallest absolute Gasteiger partial charge is 0.255 e. The van der Waals surface area contributed by atoms with E-state index in [-0.39, 0.29) is 18.5 Å². The summed E-state index contributed by atoms with van der Waals surface area (Å²) in [5.74, 6) is -0.616. The molecule has 2 aromatic rings. The Labute approximate surface area is 163 Å². The zero-order valence-electron chi connectivity index (χ0n) is 15.1. The Morgan fingerprint density at radius 1 is 1.00 bits per heavy atom. The van der Waals surface area contributed by atoms with Gasteiger partial charge < -0.3 is 10.6 Å². The van der Waals surface area contributed by atoms with Gasteiger partial charge in [0.05, 0.1) is 12.0 Å². The molecule has 0 atom stereocenters. The van der Waals surface area contributed by atoms with Crippen molar-refractivity contribution in [3.8, 4) is 0 Å². The fraction of sp³-hybridized carbons (Fsp3) is 0.200. The number of rotatable bonds is 8. The second-order valence-corrected chi connectivity index (χ2v) is 8.03. The molecular formula is C20H21N3O4S. The van der Waals surface area contributed by atoms with Crippen molar-refractivity contribution in [3.63, 3.8) is 0 Å². The first-order valence-electron chi connectivity index (χ1n) is 8.85. The van der Waals surface area contributed by atoms with Crippen molar-refractivity contribution in [3.05, 3.63) is 71.1 Å². The van der Waals surface area contributed by atoms with Crippen LogP contribution < -0.4 is 15.4 Å². The van der Waals surface area contributed by atoms with Gasteiger partial charge in [-0.15, -0.1) is 0 Å². The summed E-state index contributed by atoms with van der Waals surface area (Å²) in [4.78, 5) is 23.7. The van der Waals surface area contributed by atoms with Crippen molar-refractivity contribution in [2.75, 3.05) is 11.3 Å². The molecule has 146 valence electrons. The van der Waals surface area contributed by atoms with E-state index in [0.717, 1.165) is 23.8 Å². The SMILES string of the molecule is O=C(CNC(=O)c1ccc(NS(=O)(=O)C=Cc2ccccc2)cc1)NC1CC1. The Morgan fingerprint density at radius 3 is 2.32 bits per heavy atom. The van der Waals surface area contributed by atoms with Crippen LogP contribution in [0.5, 0.6) is 0 Å². The van der Waals surface area contributed by atoms with Crippen molar-refractivity contribution in [1.29, 1.82) is 0 Å². The van der Waals surface area contributed by atoms with E-state index in [1.165, 1.54) is 30.3 Å². The number of anilines is 1. The zero-order chi connectivity index (χ0) is 20.0. The van der Waals surface area contributed by atoms with Crippen LogP contribution in [0.1, 0.15) is 28.8 Å². The molecule has 0 bridgehead atoms. The number of nitrogens with one attached hydrogen (secondary N) is 3. The van der Waals surface area contributed by atoms with Gasteiger partial charge in [-0.05, 0) is 48.7 Å². The third kappa shape index (κ3) is 6.24. The van der Waals surface area contributed by atoms with Gasteiger partial charge in [0.25, 0.3) is 15.9 Å². The average molecular weight is 399 g/mol. The van der Waals surface area contributed by atoms with Crippen LogP contribution in [-0.4, -0.2) is 32.8 Å². The van der Waals surface area contributed by atoms with E-state index in [9.17, 15) is 18.0 Å². The number of hydrogen-bond donors (Lipinski definition) is 3. The van der Waals surface area contributed by atoms with Crippen LogP contribution in [0, 0.1) is 0 Å². The van der Waals surface area contributed by atoms with Gasteiger partial charge in [-0.2, -0.15) is 0 Å². The molecule has 0 aliphatic heterocycles. The molecule has 0 radical (unpaired) electrons. The zero-order valence-corrected chi connectivity index (χ0v) is 15.9. The molecule has 0 aromatic heterocycles. The Hall–Kier alpha value is -3.13. The second kappa shape index (κ2) is 8.71. The highest BCUT2D eigenvalue weighted by Gasteiger charge is 2.23. The molecule has 1 saturated carbocycles. The van der Waals surface area contributed by atoms with E-state index in [2.05, 4.69) is 15.4 Å². The molecule has 1 fully saturated rings. The number of sulfonamides is 1. The van der Waals surface area contributed by atoms with Gasteiger partial charge in [0, 0.05) is 17.3 Å². The fourth-order valence-electron chi connectivity index (χ4n) is 2.39. The lowest BCUT2D eigenvalue weighted by molar-refractivity contribution is -0.120. The monoisotopic (exact) mass is 399 g/mol. The number of carbonyl (C=O) groups excluding carboxylic acids is 2. The highest BCUT2D eigenvalue weighted by molar-refractivity contribution is 7.95. The first-order valence-corrected chi connectivity index (χ1v) is 10.4. The van der Waals surface area contributed by atoms with Crippen LogP contribution in [0.2, 0.25) is 0 Å². The summed E-state index contributed by atoms with van der Waals surface area (Å²) < 4.78 is 26.7. The molecule has 8 heteroatoms. The van der Waals surface area contributed by atoms with Crippen molar-refractivity contribution in [2.45, 2.75) is 18.9 Å². The molecule has 7 nitrogen and oxygen atoms in total. The van der Waals surface area contributed by atoms with E-state index in [1.54, 1.807) is 12.1 Å². The molecule has 2 amide bonds. The van der Waals surface area contributed by atoms with Gasteiger partial charge in [-0.1, -0.05) is 30.3 Å². The minimum atomic E-state index is -3.68. The molecule has 0 spiro atoms. The lowest BCUT2D eigenvalue weighted by atomic mass is 10.2. The Balaban J connectivity index is 1.53. The van der Waals surface area contributed by atoms with Crippen molar-refractivity contribution >= 4 is 33.6 Å². The first kappa shape index (κ1) is 19.6. The van der Waals surface area contributed by atoms with E-state index >= 15 is 0 Å². The number of amides is 2. The van der Waals surface area contributed by atoms with Gasteiger partial charge in [0.2, 0.25) is 5.91 Å². The van der Waals surface area contributed by atoms with Crippen LogP contribution in [0.4, 0.5) is 5.69 Å². The van der Waals surface area contributed by atoms with E-state index in [0.29, 0.717) is 11.3 Å². The molecule has 1 aliphatic rings. The van der Waals surface area contributed by atoms with Gasteiger partial charge in [-0.3, -0.25) is 14.3 Å². The summed E-state index contributed by atoms with van der Waals surface area (Å²) in [6, 6.07) is 15.3. The summed E-state index contributed by atoms with van der Waals surface area (Å²) in [6.45, 7) is -0.0893. The van der Waals surface area contributed by atoms with Crippen molar-refractivity contribution in [2.24, 2.45) is 0 Å². The summed E-state index contributed by atoms with van der Waals surface area (Å²) in [5, 5.41) is 6.40. The Kier molecular flexibility index (Phi) is 6.10. The van der Waals surface area contributed by atoms with Crippen LogP contribution in [0.25, 0.3) is 6.08 Å². The largest absolute Gasteiger partial charge is 0.352 e. The normalized spacial score (nSPS) is 13.9. The lowest BCUT2D eigenvalue weighted by Gasteiger charge is -2.08. The topological polar surface area (TPSA) is 104 Å². The third-order valence-corrected chi connectivity index (χ3v) is 5.01. The quantitative estimate of drug-likeness (QED) is 0.632. The van der Waals surface area contributed by atoms with Crippen LogP contribution >= 0.6 is 0 Å². The van der Waals surface area contributed by atoms with E-state index < -0.39 is 15.9 Å². The van der Waals surface area contributed by atoms with E-state index in [4.69, 9.17) is 0 Å². The highest BCUT2D eigenvalue weighted by Crippen LogP contribution is 2.18. The molecular weight excluding hydrogens is 378 g/mol. The molecule has 0 saturated heterocycles. The van der Waals surface area contributed by atoms with Gasteiger partial charge >= 0.3 is 0 Å². The number of carbonyl (C=O) groups is 2. The van der Waals surface area contributed by atoms with Gasteiger partial charge in [0.1, 0.15) is 0 Å². The first-order chi connectivity index (χ1) is 13.4. The Bertz CT molecular complexity index is 966. The number of hydrogen-bond acceptors (Lipinski definition) is 4. The molecule has 3 rings (SSSR count). The Morgan fingerprint density at radius 2 is 1.68 bits per heavy atom. The third-order valence-electron chi connectivity index (χ3n) is 4.00. The highest BCUT2D eigenvalue weighted by atomic mass is 32.2. The second-order valence-electron chi connectivity index (χ2n) is 6.46. The molecule has 0 unspecified atom stereocenters. The van der Waals surface area contributed by atoms with Crippen LogP contribution in [0.3, 0.4) is 0 Å². The van der Waals surface area contributed by atoms with Crippen LogP contribution in [0.15, 0.2) is 60.0 Å². The summed E-state index contributed by atoms with van der Waals surface area (Å²) in [5.41, 5.74) is 1.44. The predicted molar refractivity (Wildman–Crippen MR) is 108 cm³/mol.